The molecule has 3 aliphatic rings. The molecule has 0 bridgehead atoms. The predicted octanol–water partition coefficient (Wildman–Crippen LogP) is 17.7. The van der Waals surface area contributed by atoms with Crippen molar-refractivity contribution in [3.8, 4) is 44.5 Å². The highest BCUT2D eigenvalue weighted by molar-refractivity contribution is 7.99. The van der Waals surface area contributed by atoms with Crippen LogP contribution in [0.25, 0.3) is 44.5 Å². The van der Waals surface area contributed by atoms with Crippen LogP contribution >= 0.6 is 11.8 Å². The van der Waals surface area contributed by atoms with Crippen LogP contribution in [0.15, 0.2) is 283 Å². The fourth-order valence-corrected chi connectivity index (χ4v) is 13.6. The van der Waals surface area contributed by atoms with Crippen LogP contribution < -0.4 is 4.90 Å². The lowest BCUT2D eigenvalue weighted by Gasteiger charge is -2.40. The molecule has 0 saturated heterocycles. The zero-order valence-electron chi connectivity index (χ0n) is 38.3. The van der Waals surface area contributed by atoms with Crippen molar-refractivity contribution in [2.45, 2.75) is 20.6 Å². The maximum Gasteiger partial charge on any atom is 0.0736 e. The van der Waals surface area contributed by atoms with E-state index in [1.807, 2.05) is 11.8 Å². The van der Waals surface area contributed by atoms with Gasteiger partial charge in [0, 0.05) is 26.7 Å². The number of hydrogen-bond donors (Lipinski definition) is 0. The van der Waals surface area contributed by atoms with Crippen molar-refractivity contribution in [2.24, 2.45) is 0 Å². The smallest absolute Gasteiger partial charge is 0.0736 e. The van der Waals surface area contributed by atoms with E-state index in [9.17, 15) is 0 Å². The first-order chi connectivity index (χ1) is 34.7. The molecule has 0 aromatic heterocycles. The maximum absolute atomic E-state index is 2.55. The highest BCUT2D eigenvalue weighted by atomic mass is 32.2. The van der Waals surface area contributed by atoms with Crippen LogP contribution in [-0.4, -0.2) is 0 Å². The van der Waals surface area contributed by atoms with Gasteiger partial charge in [-0.2, -0.15) is 0 Å². The number of rotatable bonds is 7. The lowest BCUT2D eigenvalue weighted by molar-refractivity contribution is 0.722. The Balaban J connectivity index is 1.08. The number of anilines is 3. The van der Waals surface area contributed by atoms with Gasteiger partial charge in [-0.25, -0.2) is 0 Å². The second-order valence-electron chi connectivity index (χ2n) is 18.7. The van der Waals surface area contributed by atoms with Crippen molar-refractivity contribution in [2.75, 3.05) is 4.90 Å². The van der Waals surface area contributed by atoms with Crippen LogP contribution in [0.3, 0.4) is 0 Å². The fraction of sp³-hybridized carbons (Fsp3) is 0.0294. The van der Waals surface area contributed by atoms with Crippen molar-refractivity contribution in [3.63, 3.8) is 0 Å². The summed E-state index contributed by atoms with van der Waals surface area (Å²) in [5, 5.41) is 0. The summed E-state index contributed by atoms with van der Waals surface area (Å²) in [5.41, 5.74) is 22.3. The van der Waals surface area contributed by atoms with E-state index in [4.69, 9.17) is 0 Å². The lowest BCUT2D eigenvalue weighted by Crippen LogP contribution is -2.32. The van der Waals surface area contributed by atoms with E-state index in [0.29, 0.717) is 0 Å². The Morgan fingerprint density at radius 2 is 0.671 bits per heavy atom. The molecule has 14 rings (SSSR count). The molecule has 328 valence electrons. The van der Waals surface area contributed by atoms with E-state index in [0.717, 1.165) is 28.2 Å². The first kappa shape index (κ1) is 40.6. The van der Waals surface area contributed by atoms with Crippen molar-refractivity contribution in [3.05, 3.63) is 317 Å². The molecule has 0 saturated carbocycles. The second-order valence-corrected chi connectivity index (χ2v) is 19.8. The van der Waals surface area contributed by atoms with Crippen LogP contribution in [0.1, 0.15) is 44.5 Å². The zero-order valence-corrected chi connectivity index (χ0v) is 39.2. The first-order valence-electron chi connectivity index (χ1n) is 24.2. The lowest BCUT2D eigenvalue weighted by atomic mass is 9.67. The van der Waals surface area contributed by atoms with Gasteiger partial charge in [-0.3, -0.25) is 0 Å². The quantitative estimate of drug-likeness (QED) is 0.157. The van der Waals surface area contributed by atoms with Crippen LogP contribution in [-0.2, 0) is 10.8 Å². The van der Waals surface area contributed by atoms with E-state index < -0.39 is 10.8 Å². The van der Waals surface area contributed by atoms with Gasteiger partial charge in [-0.15, -0.1) is 0 Å². The Morgan fingerprint density at radius 3 is 1.21 bits per heavy atom. The third-order valence-corrected chi connectivity index (χ3v) is 16.4. The summed E-state index contributed by atoms with van der Waals surface area (Å²) in [6.45, 7) is 0. The normalized spacial score (nSPS) is 13.9. The number of fused-ring (bicyclic) bond motifs is 12. The van der Waals surface area contributed by atoms with E-state index in [1.54, 1.807) is 0 Å². The van der Waals surface area contributed by atoms with Crippen LogP contribution in [0.5, 0.6) is 0 Å². The molecule has 0 amide bonds. The minimum Gasteiger partial charge on any atom is -0.310 e. The second kappa shape index (κ2) is 16.1. The molecular weight excluding hydrogens is 863 g/mol. The summed E-state index contributed by atoms with van der Waals surface area (Å²) in [7, 11) is 0. The van der Waals surface area contributed by atoms with Gasteiger partial charge in [-0.05, 0) is 132 Å². The minimum absolute atomic E-state index is 0.527. The Morgan fingerprint density at radius 1 is 0.257 bits per heavy atom. The maximum atomic E-state index is 2.55. The average molecular weight is 908 g/mol. The average Bonchev–Trinajstić information content (AvgIpc) is 3.90. The summed E-state index contributed by atoms with van der Waals surface area (Å²) >= 11 is 1.89. The third kappa shape index (κ3) is 5.87. The molecule has 0 fully saturated rings. The standard InChI is InChI=1S/C68H45NS/c1-5-21-46(22-6-1)48-37-42-64(57(43-48)47-23-7-2-8-24-47)69(51-38-40-55-53-29-13-15-31-58(53)67(62(55)44-51,49-25-9-3-10-26-49)50-27-11-4-12-28-50)52-39-41-56-54-30-14-16-32-59(54)68(63(56)45-52)60-33-17-19-35-65(60)70-66-36-20-18-34-61(66)68/h1-45H. The molecule has 0 atom stereocenters. The molecule has 1 aliphatic heterocycles. The Hall–Kier alpha value is -8.43. The summed E-state index contributed by atoms with van der Waals surface area (Å²) in [5.74, 6) is 0. The predicted molar refractivity (Wildman–Crippen MR) is 291 cm³/mol. The first-order valence-corrected chi connectivity index (χ1v) is 25.1. The summed E-state index contributed by atoms with van der Waals surface area (Å²) < 4.78 is 0. The summed E-state index contributed by atoms with van der Waals surface area (Å²) in [6.07, 6.45) is 0. The van der Waals surface area contributed by atoms with Gasteiger partial charge in [0.15, 0.2) is 0 Å². The molecule has 0 radical (unpaired) electrons. The Bertz CT molecular complexity index is 3720. The molecule has 0 N–H and O–H groups in total. The zero-order chi connectivity index (χ0) is 46.2. The number of nitrogens with zero attached hydrogens (tertiary/aromatic N) is 1. The van der Waals surface area contributed by atoms with Gasteiger partial charge < -0.3 is 4.90 Å². The third-order valence-electron chi connectivity index (χ3n) is 15.2. The summed E-state index contributed by atoms with van der Waals surface area (Å²) in [4.78, 5) is 5.14. The van der Waals surface area contributed by atoms with Crippen LogP contribution in [0, 0.1) is 0 Å². The van der Waals surface area contributed by atoms with E-state index in [2.05, 4.69) is 278 Å². The molecule has 1 spiro atoms. The highest BCUT2D eigenvalue weighted by Crippen LogP contribution is 2.63. The minimum atomic E-state index is -0.563. The topological polar surface area (TPSA) is 3.24 Å². The molecule has 2 heteroatoms. The molecule has 70 heavy (non-hydrogen) atoms. The van der Waals surface area contributed by atoms with Gasteiger partial charge in [0.1, 0.15) is 0 Å². The van der Waals surface area contributed by atoms with Gasteiger partial charge in [0.25, 0.3) is 0 Å². The molecule has 11 aromatic rings. The van der Waals surface area contributed by atoms with Gasteiger partial charge in [0.2, 0.25) is 0 Å². The SMILES string of the molecule is c1ccc(-c2ccc(N(c3ccc4c(c3)C(c3ccccc3)(c3ccccc3)c3ccccc3-4)c3ccc4c(c3)C3(c5ccccc5Sc5ccccc53)c3ccccc3-4)c(-c3ccccc3)c2)cc1. The molecule has 2 aliphatic carbocycles. The van der Waals surface area contributed by atoms with Crippen molar-refractivity contribution in [1.29, 1.82) is 0 Å². The Kier molecular flexibility index (Phi) is 9.34. The van der Waals surface area contributed by atoms with Crippen LogP contribution in [0.2, 0.25) is 0 Å². The van der Waals surface area contributed by atoms with Crippen molar-refractivity contribution < 1.29 is 0 Å². The highest BCUT2D eigenvalue weighted by Gasteiger charge is 2.51. The Labute approximate surface area is 414 Å². The monoisotopic (exact) mass is 907 g/mol. The van der Waals surface area contributed by atoms with Crippen molar-refractivity contribution in [1.82, 2.24) is 0 Å². The van der Waals surface area contributed by atoms with Crippen molar-refractivity contribution >= 4 is 28.8 Å². The summed E-state index contributed by atoms with van der Waals surface area (Å²) in [6, 6.07) is 102. The van der Waals surface area contributed by atoms with Gasteiger partial charge in [-0.1, -0.05) is 236 Å². The fourth-order valence-electron chi connectivity index (χ4n) is 12.4. The van der Waals surface area contributed by atoms with Gasteiger partial charge >= 0.3 is 0 Å². The van der Waals surface area contributed by atoms with Gasteiger partial charge in [0.05, 0.1) is 16.5 Å². The van der Waals surface area contributed by atoms with Crippen LogP contribution in [0.4, 0.5) is 17.1 Å². The molecule has 1 nitrogen and oxygen atoms in total. The molecular formula is C68H45NS. The molecule has 11 aromatic carbocycles. The number of benzene rings is 11. The number of hydrogen-bond acceptors (Lipinski definition) is 2. The van der Waals surface area contributed by atoms with E-state index in [-0.39, 0.29) is 0 Å². The van der Waals surface area contributed by atoms with E-state index >= 15 is 0 Å². The molecule has 0 unspecified atom stereocenters. The molecule has 1 heterocycles. The largest absolute Gasteiger partial charge is 0.310 e. The van der Waals surface area contributed by atoms with E-state index in [1.165, 1.54) is 87.7 Å².